The summed E-state index contributed by atoms with van der Waals surface area (Å²) in [6, 6.07) is 14.9. The fourth-order valence-corrected chi connectivity index (χ4v) is 5.50. The average Bonchev–Trinajstić information content (AvgIpc) is 3.55. The molecule has 0 spiro atoms. The van der Waals surface area contributed by atoms with Gasteiger partial charge in [-0.15, -0.1) is 0 Å². The lowest BCUT2D eigenvalue weighted by molar-refractivity contribution is -0.384. The van der Waals surface area contributed by atoms with Gasteiger partial charge in [0, 0.05) is 12.1 Å². The Hall–Kier alpha value is -5.10. The van der Waals surface area contributed by atoms with E-state index in [4.69, 9.17) is 13.9 Å². The van der Waals surface area contributed by atoms with E-state index in [1.807, 2.05) is 0 Å². The monoisotopic (exact) mass is 559 g/mol. The molecule has 0 bridgehead atoms. The summed E-state index contributed by atoms with van der Waals surface area (Å²) in [7, 11) is 2.52. The van der Waals surface area contributed by atoms with E-state index in [0.29, 0.717) is 32.9 Å². The van der Waals surface area contributed by atoms with E-state index >= 15 is 0 Å². The van der Waals surface area contributed by atoms with Crippen LogP contribution in [0.25, 0.3) is 17.4 Å². The molecule has 3 heterocycles. The van der Waals surface area contributed by atoms with Crippen molar-refractivity contribution in [2.24, 2.45) is 4.99 Å². The molecule has 0 saturated heterocycles. The molecule has 202 valence electrons. The number of nitro groups is 1. The summed E-state index contributed by atoms with van der Waals surface area (Å²) in [5.41, 5.74) is 1.22. The van der Waals surface area contributed by atoms with Crippen molar-refractivity contribution in [3.05, 3.63) is 119 Å². The summed E-state index contributed by atoms with van der Waals surface area (Å²) in [6.07, 6.45) is 1.52. The zero-order valence-electron chi connectivity index (χ0n) is 21.4. The first-order valence-corrected chi connectivity index (χ1v) is 12.7. The van der Waals surface area contributed by atoms with Crippen molar-refractivity contribution < 1.29 is 28.4 Å². The summed E-state index contributed by atoms with van der Waals surface area (Å²) >= 11 is 1.10. The molecule has 0 fully saturated rings. The Morgan fingerprint density at radius 1 is 1.05 bits per heavy atom. The predicted octanol–water partition coefficient (Wildman–Crippen LogP) is 3.36. The quantitative estimate of drug-likeness (QED) is 0.199. The lowest BCUT2D eigenvalue weighted by atomic mass is 9.95. The Morgan fingerprint density at radius 3 is 2.42 bits per heavy atom. The highest BCUT2D eigenvalue weighted by Gasteiger charge is 2.33. The topological polar surface area (TPSA) is 143 Å². The van der Waals surface area contributed by atoms with Gasteiger partial charge in [0.1, 0.15) is 11.5 Å². The van der Waals surface area contributed by atoms with E-state index in [0.717, 1.165) is 11.3 Å². The van der Waals surface area contributed by atoms with Gasteiger partial charge in [-0.1, -0.05) is 35.6 Å². The molecule has 11 nitrogen and oxygen atoms in total. The lowest BCUT2D eigenvalue weighted by Crippen LogP contribution is -2.39. The van der Waals surface area contributed by atoms with E-state index in [2.05, 4.69) is 4.99 Å². The normalized spacial score (nSPS) is 14.9. The Balaban J connectivity index is 1.63. The lowest BCUT2D eigenvalue weighted by Gasteiger charge is -2.24. The molecule has 0 aliphatic carbocycles. The number of fused-ring (bicyclic) bond motifs is 1. The molecule has 0 saturated carbocycles. The zero-order chi connectivity index (χ0) is 28.6. The van der Waals surface area contributed by atoms with Crippen LogP contribution in [0.5, 0.6) is 0 Å². The van der Waals surface area contributed by atoms with Gasteiger partial charge in [0.05, 0.1) is 52.1 Å². The van der Waals surface area contributed by atoms with Gasteiger partial charge in [-0.25, -0.2) is 14.6 Å². The third-order valence-corrected chi connectivity index (χ3v) is 7.32. The SMILES string of the molecule is COC(=O)C1=C(C)N=c2sc(=Cc3ccc(-c4ccccc4[N+](=O)[O-])o3)c(=O)n2C1c1ccc(C(=O)OC)cc1. The van der Waals surface area contributed by atoms with Crippen LogP contribution in [0.15, 0.2) is 86.1 Å². The van der Waals surface area contributed by atoms with Crippen molar-refractivity contribution in [3.63, 3.8) is 0 Å². The molecule has 1 aliphatic rings. The minimum atomic E-state index is -0.864. The first-order chi connectivity index (χ1) is 19.2. The number of rotatable bonds is 6. The second-order valence-electron chi connectivity index (χ2n) is 8.66. The maximum absolute atomic E-state index is 13.7. The maximum atomic E-state index is 13.7. The van der Waals surface area contributed by atoms with Crippen LogP contribution in [0.1, 0.15) is 34.6 Å². The summed E-state index contributed by atoms with van der Waals surface area (Å²) in [5.74, 6) is -0.577. The average molecular weight is 560 g/mol. The smallest absolute Gasteiger partial charge is 0.338 e. The van der Waals surface area contributed by atoms with Crippen molar-refractivity contribution in [2.45, 2.75) is 13.0 Å². The second-order valence-corrected chi connectivity index (χ2v) is 9.67. The van der Waals surface area contributed by atoms with Crippen LogP contribution in [0.4, 0.5) is 5.69 Å². The molecule has 1 unspecified atom stereocenters. The number of benzene rings is 2. The van der Waals surface area contributed by atoms with E-state index in [9.17, 15) is 24.5 Å². The van der Waals surface area contributed by atoms with Crippen LogP contribution < -0.4 is 14.9 Å². The minimum absolute atomic E-state index is 0.105. The maximum Gasteiger partial charge on any atom is 0.338 e. The second kappa shape index (κ2) is 10.6. The molecule has 5 rings (SSSR count). The van der Waals surface area contributed by atoms with Gasteiger partial charge in [-0.05, 0) is 42.8 Å². The number of ether oxygens (including phenoxy) is 2. The molecular formula is C28H21N3O8S. The van der Waals surface area contributed by atoms with Gasteiger partial charge in [-0.2, -0.15) is 0 Å². The van der Waals surface area contributed by atoms with Crippen LogP contribution in [-0.4, -0.2) is 35.6 Å². The highest BCUT2D eigenvalue weighted by Crippen LogP contribution is 2.32. The molecule has 2 aromatic carbocycles. The number of methoxy groups -OCH3 is 2. The highest BCUT2D eigenvalue weighted by molar-refractivity contribution is 7.07. The van der Waals surface area contributed by atoms with Gasteiger partial charge in [0.2, 0.25) is 0 Å². The van der Waals surface area contributed by atoms with E-state index in [1.54, 1.807) is 61.5 Å². The standard InChI is InChI=1S/C28H21N3O8S/c1-15-23(27(34)38-3)24(16-8-10-17(11-9-16)26(33)37-2)30-25(32)22(40-28(30)29-15)14-18-12-13-21(39-18)19-6-4-5-7-20(19)31(35)36/h4-14,24H,1-3H3. The number of furan rings is 1. The largest absolute Gasteiger partial charge is 0.466 e. The van der Waals surface area contributed by atoms with Gasteiger partial charge < -0.3 is 13.9 Å². The minimum Gasteiger partial charge on any atom is -0.466 e. The number of aromatic nitrogens is 1. The van der Waals surface area contributed by atoms with Gasteiger partial charge >= 0.3 is 11.9 Å². The Labute approximate surface area is 230 Å². The van der Waals surface area contributed by atoms with E-state index in [-0.39, 0.29) is 21.6 Å². The summed E-state index contributed by atoms with van der Waals surface area (Å²) < 4.78 is 17.3. The fraction of sp³-hybridized carbons (Fsp3) is 0.143. The Morgan fingerprint density at radius 2 is 1.75 bits per heavy atom. The van der Waals surface area contributed by atoms with Crippen molar-refractivity contribution in [1.82, 2.24) is 4.57 Å². The van der Waals surface area contributed by atoms with Gasteiger partial charge in [0.15, 0.2) is 4.80 Å². The predicted molar refractivity (Wildman–Crippen MR) is 144 cm³/mol. The summed E-state index contributed by atoms with van der Waals surface area (Å²) in [4.78, 5) is 54.2. The molecule has 0 N–H and O–H groups in total. The van der Waals surface area contributed by atoms with E-state index < -0.39 is 28.5 Å². The van der Waals surface area contributed by atoms with Gasteiger partial charge in [0.25, 0.3) is 11.2 Å². The number of nitro benzene ring substituents is 1. The number of hydrogen-bond donors (Lipinski definition) is 0. The van der Waals surface area contributed by atoms with Crippen LogP contribution in [0.2, 0.25) is 0 Å². The van der Waals surface area contributed by atoms with Crippen molar-refractivity contribution in [2.75, 3.05) is 14.2 Å². The molecule has 2 aromatic heterocycles. The highest BCUT2D eigenvalue weighted by atomic mass is 32.1. The third kappa shape index (κ3) is 4.64. The molecule has 0 radical (unpaired) electrons. The Kier molecular flexibility index (Phi) is 7.01. The number of para-hydroxylation sites is 1. The number of allylic oxidation sites excluding steroid dienone is 1. The number of esters is 2. The molecule has 4 aromatic rings. The van der Waals surface area contributed by atoms with Crippen LogP contribution in [-0.2, 0) is 14.3 Å². The molecule has 1 atom stereocenters. The number of carbonyl (C=O) groups is 2. The van der Waals surface area contributed by atoms with E-state index in [1.165, 1.54) is 30.9 Å². The van der Waals surface area contributed by atoms with Crippen LogP contribution >= 0.6 is 11.3 Å². The zero-order valence-corrected chi connectivity index (χ0v) is 22.3. The fourth-order valence-electron chi connectivity index (χ4n) is 4.47. The molecule has 40 heavy (non-hydrogen) atoms. The third-order valence-electron chi connectivity index (χ3n) is 6.34. The van der Waals surface area contributed by atoms with Crippen LogP contribution in [0.3, 0.4) is 0 Å². The summed E-state index contributed by atoms with van der Waals surface area (Å²) in [5, 5.41) is 11.4. The number of carbonyl (C=O) groups excluding carboxylic acids is 2. The van der Waals surface area contributed by atoms with Crippen molar-refractivity contribution in [1.29, 1.82) is 0 Å². The first kappa shape index (κ1) is 26.5. The molecule has 1 aliphatic heterocycles. The van der Waals surface area contributed by atoms with Crippen molar-refractivity contribution in [3.8, 4) is 11.3 Å². The van der Waals surface area contributed by atoms with Gasteiger partial charge in [-0.3, -0.25) is 19.5 Å². The molecule has 0 amide bonds. The summed E-state index contributed by atoms with van der Waals surface area (Å²) in [6.45, 7) is 1.66. The van der Waals surface area contributed by atoms with Crippen molar-refractivity contribution >= 4 is 35.0 Å². The Bertz CT molecular complexity index is 1880. The number of nitrogens with zero attached hydrogens (tertiary/aromatic N) is 3. The number of hydrogen-bond acceptors (Lipinski definition) is 10. The molecular weight excluding hydrogens is 538 g/mol. The van der Waals surface area contributed by atoms with Crippen LogP contribution in [0, 0.1) is 10.1 Å². The first-order valence-electron chi connectivity index (χ1n) is 11.9. The number of thiazole rings is 1. The molecule has 12 heteroatoms.